The fourth-order valence-electron chi connectivity index (χ4n) is 2.14. The summed E-state index contributed by atoms with van der Waals surface area (Å²) in [7, 11) is 1.20. The minimum absolute atomic E-state index is 0.0413. The van der Waals surface area contributed by atoms with Gasteiger partial charge in [0.15, 0.2) is 0 Å². The number of alkyl halides is 3. The van der Waals surface area contributed by atoms with Crippen molar-refractivity contribution < 1.29 is 13.2 Å². The van der Waals surface area contributed by atoms with Crippen molar-refractivity contribution in [2.45, 2.75) is 12.7 Å². The molecule has 0 atom stereocenters. The molecule has 5 nitrogen and oxygen atoms in total. The number of benzene rings is 1. The van der Waals surface area contributed by atoms with Gasteiger partial charge in [-0.05, 0) is 12.1 Å². The first-order chi connectivity index (χ1) is 9.29. The number of nitrogens with zero attached hydrogens (tertiary/aromatic N) is 2. The van der Waals surface area contributed by atoms with E-state index in [4.69, 9.17) is 5.73 Å². The number of aromatic nitrogens is 2. The first kappa shape index (κ1) is 14.3. The predicted octanol–water partition coefficient (Wildman–Crippen LogP) is 0.678. The van der Waals surface area contributed by atoms with Crippen LogP contribution in [-0.2, 0) is 19.8 Å². The van der Waals surface area contributed by atoms with E-state index in [1.807, 2.05) is 0 Å². The second-order valence-electron chi connectivity index (χ2n) is 4.29. The molecule has 0 radical (unpaired) electrons. The molecule has 0 unspecified atom stereocenters. The number of para-hydroxylation sites is 1. The number of nitrogens with two attached hydrogens (primary N) is 1. The molecule has 1 aromatic heterocycles. The summed E-state index contributed by atoms with van der Waals surface area (Å²) < 4.78 is 40.6. The molecule has 1 heterocycles. The lowest BCUT2D eigenvalue weighted by molar-refractivity contribution is -0.136. The quantitative estimate of drug-likeness (QED) is 0.883. The Morgan fingerprint density at radius 1 is 1.25 bits per heavy atom. The van der Waals surface area contributed by atoms with Gasteiger partial charge in [-0.15, -0.1) is 0 Å². The molecule has 108 valence electrons. The normalized spacial score (nSPS) is 12.1. The van der Waals surface area contributed by atoms with E-state index in [9.17, 15) is 22.8 Å². The average Bonchev–Trinajstić information content (AvgIpc) is 2.39. The van der Waals surface area contributed by atoms with Crippen LogP contribution in [0, 0.1) is 0 Å². The number of rotatable bonds is 2. The predicted molar refractivity (Wildman–Crippen MR) is 67.5 cm³/mol. The Morgan fingerprint density at radius 2 is 1.90 bits per heavy atom. The van der Waals surface area contributed by atoms with Crippen LogP contribution in [0.1, 0.15) is 5.56 Å². The van der Waals surface area contributed by atoms with Gasteiger partial charge in [0.25, 0.3) is 5.56 Å². The van der Waals surface area contributed by atoms with Gasteiger partial charge in [-0.3, -0.25) is 13.9 Å². The Hall–Kier alpha value is -2.09. The van der Waals surface area contributed by atoms with Crippen LogP contribution in [-0.4, -0.2) is 15.7 Å². The van der Waals surface area contributed by atoms with E-state index in [1.54, 1.807) is 0 Å². The number of hydrogen-bond acceptors (Lipinski definition) is 3. The van der Waals surface area contributed by atoms with Gasteiger partial charge in [0.2, 0.25) is 0 Å². The molecular weight excluding hydrogens is 275 g/mol. The van der Waals surface area contributed by atoms with Crippen LogP contribution < -0.4 is 17.0 Å². The van der Waals surface area contributed by atoms with Crippen molar-refractivity contribution in [2.24, 2.45) is 12.8 Å². The second-order valence-corrected chi connectivity index (χ2v) is 4.29. The SMILES string of the molecule is Cn1c(=O)n(CCN)c(=O)c2cccc(C(F)(F)F)c21. The Balaban J connectivity index is 3.01. The molecule has 0 aliphatic rings. The summed E-state index contributed by atoms with van der Waals surface area (Å²) in [5.74, 6) is 0. The monoisotopic (exact) mass is 287 g/mol. The minimum atomic E-state index is -4.64. The third-order valence-electron chi connectivity index (χ3n) is 3.02. The molecule has 2 aromatic rings. The second kappa shape index (κ2) is 4.78. The van der Waals surface area contributed by atoms with Gasteiger partial charge in [-0.2, -0.15) is 13.2 Å². The molecule has 0 aliphatic heterocycles. The first-order valence-electron chi connectivity index (χ1n) is 5.79. The van der Waals surface area contributed by atoms with Gasteiger partial charge in [0.1, 0.15) is 0 Å². The molecule has 2 rings (SSSR count). The first-order valence-corrected chi connectivity index (χ1v) is 5.79. The molecular formula is C12H12F3N3O2. The Morgan fingerprint density at radius 3 is 2.45 bits per heavy atom. The van der Waals surface area contributed by atoms with Crippen LogP contribution in [0.2, 0.25) is 0 Å². The van der Waals surface area contributed by atoms with Crippen molar-refractivity contribution in [3.8, 4) is 0 Å². The summed E-state index contributed by atoms with van der Waals surface area (Å²) in [5.41, 5.74) is 2.30. The molecule has 0 saturated carbocycles. The topological polar surface area (TPSA) is 70.0 Å². The van der Waals surface area contributed by atoms with Crippen LogP contribution >= 0.6 is 0 Å². The number of fused-ring (bicyclic) bond motifs is 1. The van der Waals surface area contributed by atoms with E-state index < -0.39 is 28.5 Å². The Bertz CT molecular complexity index is 774. The summed E-state index contributed by atoms with van der Waals surface area (Å²) in [6.07, 6.45) is -4.64. The zero-order valence-electron chi connectivity index (χ0n) is 10.6. The number of hydrogen-bond donors (Lipinski definition) is 1. The minimum Gasteiger partial charge on any atom is -0.329 e. The summed E-state index contributed by atoms with van der Waals surface area (Å²) in [6.45, 7) is -0.00267. The average molecular weight is 287 g/mol. The highest BCUT2D eigenvalue weighted by molar-refractivity contribution is 5.81. The van der Waals surface area contributed by atoms with Crippen molar-refractivity contribution in [3.05, 3.63) is 44.6 Å². The lowest BCUT2D eigenvalue weighted by Crippen LogP contribution is -2.41. The third-order valence-corrected chi connectivity index (χ3v) is 3.02. The van der Waals surface area contributed by atoms with Crippen LogP contribution in [0.15, 0.2) is 27.8 Å². The van der Waals surface area contributed by atoms with Crippen molar-refractivity contribution in [1.29, 1.82) is 0 Å². The number of halogens is 3. The molecule has 20 heavy (non-hydrogen) atoms. The molecule has 0 bridgehead atoms. The molecule has 0 spiro atoms. The van der Waals surface area contributed by atoms with Gasteiger partial charge in [0.05, 0.1) is 16.5 Å². The lowest BCUT2D eigenvalue weighted by atomic mass is 10.1. The lowest BCUT2D eigenvalue weighted by Gasteiger charge is -2.15. The van der Waals surface area contributed by atoms with Crippen molar-refractivity contribution in [3.63, 3.8) is 0 Å². The van der Waals surface area contributed by atoms with Crippen LogP contribution in [0.5, 0.6) is 0 Å². The molecule has 0 amide bonds. The number of aryl methyl sites for hydroxylation is 1. The van der Waals surface area contributed by atoms with Gasteiger partial charge in [-0.1, -0.05) is 6.07 Å². The van der Waals surface area contributed by atoms with E-state index in [0.717, 1.165) is 21.3 Å². The summed E-state index contributed by atoms with van der Waals surface area (Å²) in [5, 5.41) is -0.157. The highest BCUT2D eigenvalue weighted by atomic mass is 19.4. The van der Waals surface area contributed by atoms with Gasteiger partial charge in [0, 0.05) is 20.1 Å². The molecule has 2 N–H and O–H groups in total. The maximum Gasteiger partial charge on any atom is 0.418 e. The largest absolute Gasteiger partial charge is 0.418 e. The van der Waals surface area contributed by atoms with Gasteiger partial charge >= 0.3 is 11.9 Å². The van der Waals surface area contributed by atoms with E-state index in [0.29, 0.717) is 0 Å². The zero-order valence-corrected chi connectivity index (χ0v) is 10.6. The fourth-order valence-corrected chi connectivity index (χ4v) is 2.14. The zero-order chi connectivity index (χ0) is 15.1. The van der Waals surface area contributed by atoms with Gasteiger partial charge < -0.3 is 5.73 Å². The summed E-state index contributed by atoms with van der Waals surface area (Å²) in [4.78, 5) is 24.1. The Kier molecular flexibility index (Phi) is 3.43. The van der Waals surface area contributed by atoms with Gasteiger partial charge in [-0.25, -0.2) is 4.79 Å². The van der Waals surface area contributed by atoms with Crippen LogP contribution in [0.4, 0.5) is 13.2 Å². The van der Waals surface area contributed by atoms with Crippen molar-refractivity contribution in [2.75, 3.05) is 6.54 Å². The highest BCUT2D eigenvalue weighted by Crippen LogP contribution is 2.33. The standard InChI is InChI=1S/C12H12F3N3O2/c1-17-9-7(3-2-4-8(9)12(13,14)15)10(19)18(6-5-16)11(17)20/h2-4H,5-6,16H2,1H3. The van der Waals surface area contributed by atoms with E-state index in [2.05, 4.69) is 0 Å². The fraction of sp³-hybridized carbons (Fsp3) is 0.333. The van der Waals surface area contributed by atoms with Crippen LogP contribution in [0.3, 0.4) is 0 Å². The molecule has 0 fully saturated rings. The Labute approximate surface area is 111 Å². The molecule has 0 saturated heterocycles. The molecule has 0 aliphatic carbocycles. The van der Waals surface area contributed by atoms with Crippen molar-refractivity contribution >= 4 is 10.9 Å². The molecule has 1 aromatic carbocycles. The third kappa shape index (κ3) is 2.11. The maximum atomic E-state index is 13.0. The van der Waals surface area contributed by atoms with E-state index >= 15 is 0 Å². The highest BCUT2D eigenvalue weighted by Gasteiger charge is 2.34. The van der Waals surface area contributed by atoms with E-state index in [-0.39, 0.29) is 18.5 Å². The maximum absolute atomic E-state index is 13.0. The van der Waals surface area contributed by atoms with Crippen molar-refractivity contribution in [1.82, 2.24) is 9.13 Å². The van der Waals surface area contributed by atoms with E-state index in [1.165, 1.54) is 13.1 Å². The smallest absolute Gasteiger partial charge is 0.329 e. The molecule has 8 heteroatoms. The summed E-state index contributed by atoms with van der Waals surface area (Å²) >= 11 is 0. The van der Waals surface area contributed by atoms with Crippen LogP contribution in [0.25, 0.3) is 10.9 Å². The summed E-state index contributed by atoms with van der Waals surface area (Å²) in [6, 6.07) is 3.25.